The van der Waals surface area contributed by atoms with E-state index in [2.05, 4.69) is 5.32 Å². The Bertz CT molecular complexity index is 729. The molecule has 124 valence electrons. The third-order valence-corrected chi connectivity index (χ3v) is 7.73. The van der Waals surface area contributed by atoms with Crippen LogP contribution in [0.15, 0.2) is 29.2 Å². The Morgan fingerprint density at radius 1 is 1.09 bits per heavy atom. The lowest BCUT2D eigenvalue weighted by Gasteiger charge is -2.33. The largest absolute Gasteiger partial charge is 0.356 e. The molecule has 2 heterocycles. The van der Waals surface area contributed by atoms with Crippen LogP contribution in [0.25, 0.3) is 0 Å². The Morgan fingerprint density at radius 2 is 1.83 bits per heavy atom. The number of sulfonamides is 1. The van der Waals surface area contributed by atoms with Crippen molar-refractivity contribution in [2.24, 2.45) is 23.7 Å². The van der Waals surface area contributed by atoms with Crippen LogP contribution in [0, 0.1) is 30.6 Å². The zero-order valence-electron chi connectivity index (χ0n) is 13.2. The lowest BCUT2D eigenvalue weighted by Crippen LogP contribution is -2.34. The topological polar surface area (TPSA) is 66.5 Å². The van der Waals surface area contributed by atoms with E-state index in [1.165, 1.54) is 0 Å². The van der Waals surface area contributed by atoms with Crippen molar-refractivity contribution in [1.82, 2.24) is 9.62 Å². The molecule has 2 aliphatic heterocycles. The molecule has 3 fully saturated rings. The fourth-order valence-electron chi connectivity index (χ4n) is 4.58. The molecule has 3 aliphatic rings. The minimum absolute atomic E-state index is 0.0956. The molecule has 1 aromatic carbocycles. The lowest BCUT2D eigenvalue weighted by molar-refractivity contribution is -0.124. The Morgan fingerprint density at radius 3 is 2.57 bits per heavy atom. The van der Waals surface area contributed by atoms with Gasteiger partial charge in [0.15, 0.2) is 0 Å². The number of nitrogens with one attached hydrogen (secondary N) is 1. The Labute approximate surface area is 137 Å². The molecular formula is C17H22N2O3S. The number of hydrogen-bond donors (Lipinski definition) is 1. The average molecular weight is 334 g/mol. The fourth-order valence-corrected chi connectivity index (χ4v) is 6.11. The molecule has 0 radical (unpaired) electrons. The zero-order valence-corrected chi connectivity index (χ0v) is 14.1. The quantitative estimate of drug-likeness (QED) is 0.889. The van der Waals surface area contributed by atoms with E-state index in [0.29, 0.717) is 42.3 Å². The molecular weight excluding hydrogens is 312 g/mol. The zero-order chi connectivity index (χ0) is 16.2. The minimum Gasteiger partial charge on any atom is -0.356 e. The van der Waals surface area contributed by atoms with E-state index in [9.17, 15) is 13.2 Å². The van der Waals surface area contributed by atoms with Gasteiger partial charge < -0.3 is 5.32 Å². The van der Waals surface area contributed by atoms with Gasteiger partial charge in [-0.25, -0.2) is 8.42 Å². The predicted octanol–water partition coefficient (Wildman–Crippen LogP) is 1.39. The van der Waals surface area contributed by atoms with Gasteiger partial charge in [-0.3, -0.25) is 4.79 Å². The summed E-state index contributed by atoms with van der Waals surface area (Å²) in [6.45, 7) is 3.81. The molecule has 0 spiro atoms. The molecule has 0 aromatic heterocycles. The van der Waals surface area contributed by atoms with Gasteiger partial charge in [-0.05, 0) is 49.7 Å². The number of hydrogen-bond acceptors (Lipinski definition) is 3. The molecule has 1 saturated carbocycles. The number of nitrogens with zero attached hydrogens (tertiary/aromatic N) is 1. The summed E-state index contributed by atoms with van der Waals surface area (Å²) in [5.41, 5.74) is 1.05. The van der Waals surface area contributed by atoms with Crippen LogP contribution in [-0.2, 0) is 14.8 Å². The summed E-state index contributed by atoms with van der Waals surface area (Å²) in [6, 6.07) is 7.06. The van der Waals surface area contributed by atoms with Crippen molar-refractivity contribution < 1.29 is 13.2 Å². The van der Waals surface area contributed by atoms with Gasteiger partial charge >= 0.3 is 0 Å². The summed E-state index contributed by atoms with van der Waals surface area (Å²) in [5.74, 6) is 1.27. The van der Waals surface area contributed by atoms with Crippen molar-refractivity contribution in [2.45, 2.75) is 24.7 Å². The van der Waals surface area contributed by atoms with Crippen molar-refractivity contribution in [3.8, 4) is 0 Å². The normalized spacial score (nSPS) is 34.0. The van der Waals surface area contributed by atoms with Crippen molar-refractivity contribution in [3.63, 3.8) is 0 Å². The number of benzene rings is 1. The van der Waals surface area contributed by atoms with E-state index in [0.717, 1.165) is 18.4 Å². The monoisotopic (exact) mass is 334 g/mol. The number of aryl methyl sites for hydroxylation is 1. The van der Waals surface area contributed by atoms with Crippen LogP contribution in [0.1, 0.15) is 18.4 Å². The number of carbonyl (C=O) groups is 1. The summed E-state index contributed by atoms with van der Waals surface area (Å²) in [6.07, 6.45) is 1.86. The Hall–Kier alpha value is -1.40. The molecule has 1 aromatic rings. The van der Waals surface area contributed by atoms with E-state index in [-0.39, 0.29) is 11.8 Å². The Kier molecular flexibility index (Phi) is 3.50. The molecule has 6 heteroatoms. The van der Waals surface area contributed by atoms with Crippen LogP contribution >= 0.6 is 0 Å². The van der Waals surface area contributed by atoms with Gasteiger partial charge in [0, 0.05) is 25.6 Å². The highest BCUT2D eigenvalue weighted by molar-refractivity contribution is 7.89. The number of fused-ring (bicyclic) bond motifs is 3. The first-order chi connectivity index (χ1) is 11.0. The van der Waals surface area contributed by atoms with Gasteiger partial charge in [-0.1, -0.05) is 17.7 Å². The van der Waals surface area contributed by atoms with Gasteiger partial charge in [0.05, 0.1) is 4.90 Å². The van der Waals surface area contributed by atoms with Gasteiger partial charge in [0.1, 0.15) is 0 Å². The van der Waals surface area contributed by atoms with E-state index < -0.39 is 10.0 Å². The second-order valence-corrected chi connectivity index (χ2v) is 9.09. The third kappa shape index (κ3) is 2.39. The summed E-state index contributed by atoms with van der Waals surface area (Å²) in [7, 11) is -3.43. The SMILES string of the molecule is Cc1ccc(S(=O)(=O)N2CC3CC[C@H]4C(=O)NC[C@H]4[C@H]3C2)cc1. The molecule has 4 rings (SSSR count). The first-order valence-electron chi connectivity index (χ1n) is 8.31. The first-order valence-corrected chi connectivity index (χ1v) is 9.75. The lowest BCUT2D eigenvalue weighted by atomic mass is 9.69. The van der Waals surface area contributed by atoms with E-state index in [1.54, 1.807) is 16.4 Å². The molecule has 1 N–H and O–H groups in total. The average Bonchev–Trinajstić information content (AvgIpc) is 3.12. The molecule has 0 bridgehead atoms. The second kappa shape index (κ2) is 5.31. The highest BCUT2D eigenvalue weighted by atomic mass is 32.2. The van der Waals surface area contributed by atoms with E-state index in [1.807, 2.05) is 19.1 Å². The highest BCUT2D eigenvalue weighted by Gasteiger charge is 2.51. The van der Waals surface area contributed by atoms with Crippen LogP contribution in [-0.4, -0.2) is 38.3 Å². The number of amides is 1. The summed E-state index contributed by atoms with van der Waals surface area (Å²) < 4.78 is 27.4. The number of carbonyl (C=O) groups excluding carboxylic acids is 1. The first kappa shape index (κ1) is 15.1. The maximum absolute atomic E-state index is 12.9. The van der Waals surface area contributed by atoms with Crippen molar-refractivity contribution >= 4 is 15.9 Å². The predicted molar refractivity (Wildman–Crippen MR) is 86.1 cm³/mol. The maximum atomic E-state index is 12.9. The Balaban J connectivity index is 1.58. The molecule has 23 heavy (non-hydrogen) atoms. The standard InChI is InChI=1S/C17H22N2O3S/c1-11-2-5-13(6-3-11)23(21,22)19-9-12-4-7-14-15(16(12)10-19)8-18-17(14)20/h2-3,5-6,12,14-16H,4,7-10H2,1H3,(H,18,20)/t12?,14-,15-,16+/m1/s1. The van der Waals surface area contributed by atoms with Gasteiger partial charge in [0.2, 0.25) is 15.9 Å². The van der Waals surface area contributed by atoms with Gasteiger partial charge in [0.25, 0.3) is 0 Å². The summed E-state index contributed by atoms with van der Waals surface area (Å²) >= 11 is 0. The molecule has 5 nitrogen and oxygen atoms in total. The number of rotatable bonds is 2. The van der Waals surface area contributed by atoms with Crippen LogP contribution in [0.3, 0.4) is 0 Å². The van der Waals surface area contributed by atoms with Crippen molar-refractivity contribution in [1.29, 1.82) is 0 Å². The smallest absolute Gasteiger partial charge is 0.243 e. The second-order valence-electron chi connectivity index (χ2n) is 7.15. The summed E-state index contributed by atoms with van der Waals surface area (Å²) in [4.78, 5) is 12.3. The third-order valence-electron chi connectivity index (χ3n) is 5.88. The van der Waals surface area contributed by atoms with E-state index in [4.69, 9.17) is 0 Å². The van der Waals surface area contributed by atoms with Gasteiger partial charge in [-0.2, -0.15) is 4.31 Å². The van der Waals surface area contributed by atoms with Crippen LogP contribution in [0.5, 0.6) is 0 Å². The molecule has 2 saturated heterocycles. The summed E-state index contributed by atoms with van der Waals surface area (Å²) in [5, 5.41) is 2.96. The maximum Gasteiger partial charge on any atom is 0.243 e. The minimum atomic E-state index is -3.43. The molecule has 1 amide bonds. The van der Waals surface area contributed by atoms with Crippen LogP contribution < -0.4 is 5.32 Å². The fraction of sp³-hybridized carbons (Fsp3) is 0.588. The van der Waals surface area contributed by atoms with E-state index >= 15 is 0 Å². The highest BCUT2D eigenvalue weighted by Crippen LogP contribution is 2.46. The van der Waals surface area contributed by atoms with Crippen molar-refractivity contribution in [2.75, 3.05) is 19.6 Å². The van der Waals surface area contributed by atoms with Crippen molar-refractivity contribution in [3.05, 3.63) is 29.8 Å². The van der Waals surface area contributed by atoms with Crippen LogP contribution in [0.2, 0.25) is 0 Å². The van der Waals surface area contributed by atoms with Gasteiger partial charge in [-0.15, -0.1) is 0 Å². The van der Waals surface area contributed by atoms with Crippen LogP contribution in [0.4, 0.5) is 0 Å². The molecule has 1 aliphatic carbocycles. The molecule has 1 unspecified atom stereocenters. The molecule has 4 atom stereocenters.